The Labute approximate surface area is 130 Å². The van der Waals surface area contributed by atoms with E-state index in [1.54, 1.807) is 13.2 Å². The van der Waals surface area contributed by atoms with Crippen molar-refractivity contribution in [3.63, 3.8) is 0 Å². The zero-order valence-electron chi connectivity index (χ0n) is 10.8. The summed E-state index contributed by atoms with van der Waals surface area (Å²) in [5.74, 6) is 6.07. The smallest absolute Gasteiger partial charge is 0.233 e. The van der Waals surface area contributed by atoms with Gasteiger partial charge in [-0.25, -0.2) is 0 Å². The second-order valence-electron chi connectivity index (χ2n) is 4.16. The van der Waals surface area contributed by atoms with Crippen molar-refractivity contribution < 1.29 is 4.74 Å². The number of hydrogen-bond acceptors (Lipinski definition) is 5. The van der Waals surface area contributed by atoms with Gasteiger partial charge < -0.3 is 4.74 Å². The second-order valence-corrected chi connectivity index (χ2v) is 5.48. The van der Waals surface area contributed by atoms with Gasteiger partial charge in [-0.2, -0.15) is 5.10 Å². The van der Waals surface area contributed by atoms with Crippen molar-refractivity contribution in [2.45, 2.75) is 12.5 Å². The molecule has 0 aliphatic carbocycles. The van der Waals surface area contributed by atoms with Crippen molar-refractivity contribution in [2.24, 2.45) is 5.84 Å². The summed E-state index contributed by atoms with van der Waals surface area (Å²) in [6, 6.07) is 9.14. The van der Waals surface area contributed by atoms with E-state index in [1.165, 1.54) is 0 Å². The number of hydrazine groups is 1. The molecule has 1 aromatic heterocycles. The van der Waals surface area contributed by atoms with Crippen LogP contribution in [0.2, 0.25) is 5.02 Å². The quantitative estimate of drug-likeness (QED) is 0.636. The molecule has 0 bridgehead atoms. The van der Waals surface area contributed by atoms with E-state index in [0.717, 1.165) is 15.7 Å². The topological polar surface area (TPSA) is 73.1 Å². The van der Waals surface area contributed by atoms with E-state index in [0.29, 0.717) is 17.3 Å². The van der Waals surface area contributed by atoms with Gasteiger partial charge in [0.1, 0.15) is 0 Å². The molecule has 1 atom stereocenters. The molecule has 0 amide bonds. The van der Waals surface area contributed by atoms with Gasteiger partial charge in [0.05, 0.1) is 18.8 Å². The molecule has 0 fully saturated rings. The third-order valence-corrected chi connectivity index (χ3v) is 3.71. The Kier molecular flexibility index (Phi) is 5.31. The molecule has 0 saturated carbocycles. The average molecular weight is 358 g/mol. The first-order valence-electron chi connectivity index (χ1n) is 5.91. The molecule has 3 N–H and O–H groups in total. The molecule has 7 heteroatoms. The summed E-state index contributed by atoms with van der Waals surface area (Å²) in [6.45, 7) is 0. The molecular weight excluding hydrogens is 344 g/mol. The molecule has 1 aromatic carbocycles. The maximum Gasteiger partial charge on any atom is 0.233 e. The molecular formula is C13H14BrClN4O. The van der Waals surface area contributed by atoms with Crippen LogP contribution in [0.15, 0.2) is 34.8 Å². The van der Waals surface area contributed by atoms with E-state index < -0.39 is 0 Å². The van der Waals surface area contributed by atoms with Crippen LogP contribution in [0.1, 0.15) is 17.3 Å². The molecule has 0 aliphatic heterocycles. The Morgan fingerprint density at radius 1 is 1.35 bits per heavy atom. The molecule has 106 valence electrons. The van der Waals surface area contributed by atoms with Crippen LogP contribution in [0.4, 0.5) is 0 Å². The number of hydrogen-bond donors (Lipinski definition) is 2. The summed E-state index contributed by atoms with van der Waals surface area (Å²) < 4.78 is 5.92. The van der Waals surface area contributed by atoms with Gasteiger partial charge in [0, 0.05) is 15.6 Å². The van der Waals surface area contributed by atoms with E-state index >= 15 is 0 Å². The number of ether oxygens (including phenoxy) is 1. The molecule has 0 radical (unpaired) electrons. The lowest BCUT2D eigenvalue weighted by Crippen LogP contribution is -2.30. The zero-order valence-corrected chi connectivity index (χ0v) is 13.1. The number of aromatic nitrogens is 2. The third-order valence-electron chi connectivity index (χ3n) is 2.87. The lowest BCUT2D eigenvalue weighted by Gasteiger charge is -2.16. The number of rotatable bonds is 5. The highest BCUT2D eigenvalue weighted by Crippen LogP contribution is 2.25. The Morgan fingerprint density at radius 2 is 2.15 bits per heavy atom. The van der Waals surface area contributed by atoms with E-state index in [9.17, 15) is 0 Å². The minimum Gasteiger partial charge on any atom is -0.480 e. The Morgan fingerprint density at radius 3 is 2.70 bits per heavy atom. The Bertz CT molecular complexity index is 579. The van der Waals surface area contributed by atoms with Gasteiger partial charge in [-0.15, -0.1) is 5.10 Å². The zero-order chi connectivity index (χ0) is 14.5. The molecule has 1 heterocycles. The maximum absolute atomic E-state index is 6.21. The van der Waals surface area contributed by atoms with Crippen LogP contribution in [0, 0.1) is 0 Å². The Balaban J connectivity index is 2.19. The van der Waals surface area contributed by atoms with Gasteiger partial charge in [0.2, 0.25) is 5.88 Å². The lowest BCUT2D eigenvalue weighted by molar-refractivity contribution is 0.389. The van der Waals surface area contributed by atoms with Crippen LogP contribution in [-0.4, -0.2) is 17.3 Å². The van der Waals surface area contributed by atoms with E-state index in [2.05, 4.69) is 31.6 Å². The number of benzene rings is 1. The second kappa shape index (κ2) is 6.99. The van der Waals surface area contributed by atoms with Crippen molar-refractivity contribution in [1.29, 1.82) is 0 Å². The highest BCUT2D eigenvalue weighted by Gasteiger charge is 2.15. The van der Waals surface area contributed by atoms with Crippen LogP contribution in [0.3, 0.4) is 0 Å². The van der Waals surface area contributed by atoms with Gasteiger partial charge in [0.25, 0.3) is 0 Å². The summed E-state index contributed by atoms with van der Waals surface area (Å²) in [4.78, 5) is 0. The van der Waals surface area contributed by atoms with Gasteiger partial charge >= 0.3 is 0 Å². The molecule has 5 nitrogen and oxygen atoms in total. The van der Waals surface area contributed by atoms with E-state index in [1.807, 2.05) is 24.3 Å². The fraction of sp³-hybridized carbons (Fsp3) is 0.231. The molecule has 2 rings (SSSR count). The van der Waals surface area contributed by atoms with Crippen molar-refractivity contribution in [3.05, 3.63) is 51.1 Å². The highest BCUT2D eigenvalue weighted by molar-refractivity contribution is 9.10. The Hall–Kier alpha value is -1.21. The van der Waals surface area contributed by atoms with Crippen molar-refractivity contribution in [1.82, 2.24) is 15.6 Å². The fourth-order valence-electron chi connectivity index (χ4n) is 1.78. The minimum absolute atomic E-state index is 0.174. The summed E-state index contributed by atoms with van der Waals surface area (Å²) >= 11 is 9.59. The maximum atomic E-state index is 6.21. The molecule has 0 aliphatic rings. The van der Waals surface area contributed by atoms with E-state index in [4.69, 9.17) is 22.2 Å². The lowest BCUT2D eigenvalue weighted by atomic mass is 10.0. The number of nitrogens with one attached hydrogen (secondary N) is 1. The van der Waals surface area contributed by atoms with Gasteiger partial charge in [-0.3, -0.25) is 11.3 Å². The molecule has 2 aromatic rings. The first kappa shape index (κ1) is 15.2. The summed E-state index contributed by atoms with van der Waals surface area (Å²) in [5, 5.41) is 8.71. The fourth-order valence-corrected chi connectivity index (χ4v) is 2.53. The molecule has 0 spiro atoms. The van der Waals surface area contributed by atoms with Crippen LogP contribution in [-0.2, 0) is 6.42 Å². The van der Waals surface area contributed by atoms with Gasteiger partial charge in [0.15, 0.2) is 0 Å². The van der Waals surface area contributed by atoms with Gasteiger partial charge in [-0.05, 0) is 30.2 Å². The highest BCUT2D eigenvalue weighted by atomic mass is 79.9. The predicted molar refractivity (Wildman–Crippen MR) is 81.5 cm³/mol. The van der Waals surface area contributed by atoms with Crippen LogP contribution in [0.25, 0.3) is 0 Å². The summed E-state index contributed by atoms with van der Waals surface area (Å²) in [6.07, 6.45) is 0.615. The predicted octanol–water partition coefficient (Wildman–Crippen LogP) is 2.65. The van der Waals surface area contributed by atoms with Crippen molar-refractivity contribution in [2.75, 3.05) is 7.11 Å². The normalized spacial score (nSPS) is 12.2. The first-order chi connectivity index (χ1) is 9.63. The SMILES string of the molecule is COc1ccc(C(Cc2ccc(Br)cc2Cl)NN)nn1. The summed E-state index contributed by atoms with van der Waals surface area (Å²) in [7, 11) is 1.55. The first-order valence-corrected chi connectivity index (χ1v) is 7.09. The third kappa shape index (κ3) is 3.67. The minimum atomic E-state index is -0.174. The van der Waals surface area contributed by atoms with Gasteiger partial charge in [-0.1, -0.05) is 33.6 Å². The molecule has 20 heavy (non-hydrogen) atoms. The number of methoxy groups -OCH3 is 1. The average Bonchev–Trinajstić information content (AvgIpc) is 2.47. The molecule has 0 saturated heterocycles. The number of nitrogens with zero attached hydrogens (tertiary/aromatic N) is 2. The largest absolute Gasteiger partial charge is 0.480 e. The van der Waals surface area contributed by atoms with Crippen LogP contribution in [0.5, 0.6) is 5.88 Å². The summed E-state index contributed by atoms with van der Waals surface area (Å²) in [5.41, 5.74) is 4.44. The standard InChI is InChI=1S/C13H14BrClN4O/c1-20-13-5-4-11(18-19-13)12(17-16)6-8-2-3-9(14)7-10(8)15/h2-5,7,12,17H,6,16H2,1H3. The van der Waals surface area contributed by atoms with Crippen molar-refractivity contribution >= 4 is 27.5 Å². The molecule has 1 unspecified atom stereocenters. The van der Waals surface area contributed by atoms with Crippen molar-refractivity contribution in [3.8, 4) is 5.88 Å². The number of halogens is 2. The van der Waals surface area contributed by atoms with Crippen LogP contribution < -0.4 is 16.0 Å². The number of nitrogens with two attached hydrogens (primary N) is 1. The van der Waals surface area contributed by atoms with E-state index in [-0.39, 0.29) is 6.04 Å². The monoisotopic (exact) mass is 356 g/mol. The van der Waals surface area contributed by atoms with Crippen LogP contribution >= 0.6 is 27.5 Å².